The van der Waals surface area contributed by atoms with Crippen molar-refractivity contribution in [1.82, 2.24) is 4.57 Å². The Kier molecular flexibility index (Phi) is 5.18. The maximum atomic E-state index is 13.1. The Bertz CT molecular complexity index is 1010. The summed E-state index contributed by atoms with van der Waals surface area (Å²) in [6, 6.07) is 7.41. The monoisotopic (exact) mass is 408 g/mol. The zero-order valence-corrected chi connectivity index (χ0v) is 17.6. The Morgan fingerprint density at radius 3 is 2.67 bits per heavy atom. The maximum absolute atomic E-state index is 13.1. The van der Waals surface area contributed by atoms with Gasteiger partial charge in [0.05, 0.1) is 12.1 Å². The standard InChI is InChI=1S/C25H32N2O3/c28-23(15-19-14-17-7-8-18(19)13-17)26-22-6-4-5-21-20(22)9-12-27(24(21)29)16-25(30)10-2-1-3-11-25/h4-6,9,12,17-19,30H,1-3,7-8,10-11,13-16H2,(H,26,28)/t17-,18+,19?/m1/s1. The van der Waals surface area contributed by atoms with Crippen molar-refractivity contribution in [1.29, 1.82) is 0 Å². The van der Waals surface area contributed by atoms with Gasteiger partial charge < -0.3 is 15.0 Å². The number of aliphatic hydroxyl groups is 1. The van der Waals surface area contributed by atoms with E-state index < -0.39 is 5.60 Å². The molecule has 3 fully saturated rings. The van der Waals surface area contributed by atoms with E-state index in [-0.39, 0.29) is 11.5 Å². The third-order valence-electron chi connectivity index (χ3n) is 7.87. The number of fused-ring (bicyclic) bond motifs is 3. The van der Waals surface area contributed by atoms with Crippen LogP contribution in [-0.2, 0) is 11.3 Å². The van der Waals surface area contributed by atoms with Crippen LogP contribution in [0.15, 0.2) is 35.3 Å². The highest BCUT2D eigenvalue weighted by molar-refractivity contribution is 6.01. The molecule has 1 aromatic heterocycles. The van der Waals surface area contributed by atoms with E-state index in [0.29, 0.717) is 30.0 Å². The normalized spacial score (nSPS) is 27.4. The fourth-order valence-electron chi connectivity index (χ4n) is 6.30. The molecule has 1 unspecified atom stereocenters. The van der Waals surface area contributed by atoms with Gasteiger partial charge in [0.1, 0.15) is 0 Å². The molecule has 3 atom stereocenters. The van der Waals surface area contributed by atoms with Crippen molar-refractivity contribution in [2.75, 3.05) is 5.32 Å². The van der Waals surface area contributed by atoms with Crippen molar-refractivity contribution < 1.29 is 9.90 Å². The molecular formula is C25H32N2O3. The average Bonchev–Trinajstić information content (AvgIpc) is 3.34. The molecule has 5 nitrogen and oxygen atoms in total. The molecule has 2 aromatic rings. The first-order chi connectivity index (χ1) is 14.5. The van der Waals surface area contributed by atoms with Gasteiger partial charge in [-0.15, -0.1) is 0 Å². The molecule has 0 spiro atoms. The molecule has 0 radical (unpaired) electrons. The number of aromatic nitrogens is 1. The molecule has 0 saturated heterocycles. The molecular weight excluding hydrogens is 376 g/mol. The molecule has 0 aliphatic heterocycles. The van der Waals surface area contributed by atoms with Crippen LogP contribution in [0, 0.1) is 17.8 Å². The number of nitrogens with zero attached hydrogens (tertiary/aromatic N) is 1. The predicted molar refractivity (Wildman–Crippen MR) is 118 cm³/mol. The van der Waals surface area contributed by atoms with E-state index >= 15 is 0 Å². The van der Waals surface area contributed by atoms with E-state index in [1.165, 1.54) is 25.7 Å². The van der Waals surface area contributed by atoms with Crippen LogP contribution in [0.1, 0.15) is 64.2 Å². The number of carbonyl (C=O) groups excluding carboxylic acids is 1. The van der Waals surface area contributed by atoms with Crippen LogP contribution in [0.25, 0.3) is 10.8 Å². The summed E-state index contributed by atoms with van der Waals surface area (Å²) in [5, 5.41) is 15.3. The number of pyridine rings is 1. The van der Waals surface area contributed by atoms with Crippen LogP contribution in [0.4, 0.5) is 5.69 Å². The van der Waals surface area contributed by atoms with Gasteiger partial charge >= 0.3 is 0 Å². The van der Waals surface area contributed by atoms with Crippen molar-refractivity contribution in [3.63, 3.8) is 0 Å². The first-order valence-electron chi connectivity index (χ1n) is 11.7. The lowest BCUT2D eigenvalue weighted by atomic mass is 9.85. The third-order valence-corrected chi connectivity index (χ3v) is 7.87. The summed E-state index contributed by atoms with van der Waals surface area (Å²) in [4.78, 5) is 25.8. The van der Waals surface area contributed by atoms with Crippen molar-refractivity contribution in [2.24, 2.45) is 17.8 Å². The minimum atomic E-state index is -0.789. The van der Waals surface area contributed by atoms with Crippen LogP contribution in [-0.4, -0.2) is 21.2 Å². The summed E-state index contributed by atoms with van der Waals surface area (Å²) in [6.07, 6.45) is 12.1. The molecule has 5 rings (SSSR count). The second kappa shape index (κ2) is 7.84. The van der Waals surface area contributed by atoms with Gasteiger partial charge in [0.15, 0.2) is 0 Å². The van der Waals surface area contributed by atoms with Crippen LogP contribution >= 0.6 is 0 Å². The first-order valence-corrected chi connectivity index (χ1v) is 11.7. The molecule has 3 aliphatic rings. The highest BCUT2D eigenvalue weighted by Crippen LogP contribution is 2.49. The smallest absolute Gasteiger partial charge is 0.258 e. The van der Waals surface area contributed by atoms with Gasteiger partial charge in [-0.2, -0.15) is 0 Å². The van der Waals surface area contributed by atoms with Crippen LogP contribution in [0.5, 0.6) is 0 Å². The molecule has 3 aliphatic carbocycles. The van der Waals surface area contributed by atoms with E-state index in [2.05, 4.69) is 5.32 Å². The highest BCUT2D eigenvalue weighted by atomic mass is 16.3. The highest BCUT2D eigenvalue weighted by Gasteiger charge is 2.40. The molecule has 2 N–H and O–H groups in total. The van der Waals surface area contributed by atoms with Crippen LogP contribution in [0.3, 0.4) is 0 Å². The summed E-state index contributed by atoms with van der Waals surface area (Å²) in [6.45, 7) is 0.336. The second-order valence-electron chi connectivity index (χ2n) is 9.99. The maximum Gasteiger partial charge on any atom is 0.258 e. The minimum absolute atomic E-state index is 0.0562. The predicted octanol–water partition coefficient (Wildman–Crippen LogP) is 4.46. The summed E-state index contributed by atoms with van der Waals surface area (Å²) in [5.74, 6) is 2.14. The van der Waals surface area contributed by atoms with Crippen molar-refractivity contribution >= 4 is 22.4 Å². The summed E-state index contributed by atoms with van der Waals surface area (Å²) in [5.41, 5.74) is -0.181. The lowest BCUT2D eigenvalue weighted by molar-refractivity contribution is -0.117. The molecule has 2 bridgehead atoms. The Labute approximate surface area is 177 Å². The average molecular weight is 409 g/mol. The molecule has 3 saturated carbocycles. The van der Waals surface area contributed by atoms with Gasteiger partial charge in [-0.1, -0.05) is 31.7 Å². The van der Waals surface area contributed by atoms with Crippen molar-refractivity contribution in [3.8, 4) is 0 Å². The number of hydrogen-bond donors (Lipinski definition) is 2. The quantitative estimate of drug-likeness (QED) is 0.767. The number of anilines is 1. The Balaban J connectivity index is 1.34. The number of carbonyl (C=O) groups is 1. The summed E-state index contributed by atoms with van der Waals surface area (Å²) >= 11 is 0. The van der Waals surface area contributed by atoms with Gasteiger partial charge in [-0.05, 0) is 68.1 Å². The third kappa shape index (κ3) is 3.80. The molecule has 160 valence electrons. The van der Waals surface area contributed by atoms with E-state index in [1.54, 1.807) is 10.8 Å². The summed E-state index contributed by atoms with van der Waals surface area (Å²) < 4.78 is 1.63. The number of benzene rings is 1. The topological polar surface area (TPSA) is 71.3 Å². The molecule has 1 amide bonds. The minimum Gasteiger partial charge on any atom is -0.388 e. The Morgan fingerprint density at radius 1 is 1.10 bits per heavy atom. The van der Waals surface area contributed by atoms with E-state index in [1.807, 2.05) is 24.3 Å². The van der Waals surface area contributed by atoms with E-state index in [9.17, 15) is 14.7 Å². The van der Waals surface area contributed by atoms with E-state index in [0.717, 1.165) is 49.3 Å². The second-order valence-corrected chi connectivity index (χ2v) is 9.99. The number of amides is 1. The Morgan fingerprint density at radius 2 is 1.93 bits per heavy atom. The van der Waals surface area contributed by atoms with Gasteiger partial charge in [-0.3, -0.25) is 9.59 Å². The Hall–Kier alpha value is -2.14. The molecule has 5 heteroatoms. The lowest BCUT2D eigenvalue weighted by Gasteiger charge is -2.32. The SMILES string of the molecule is O=C(CC1C[C@@H]2CC[C@H]1C2)Nc1cccc2c(=O)n(CC3(O)CCCCC3)ccc12. The molecule has 1 aromatic carbocycles. The van der Waals surface area contributed by atoms with E-state index in [4.69, 9.17) is 0 Å². The lowest BCUT2D eigenvalue weighted by Crippen LogP contribution is -2.39. The zero-order valence-electron chi connectivity index (χ0n) is 17.6. The zero-order chi connectivity index (χ0) is 20.7. The number of nitrogens with one attached hydrogen (secondary N) is 1. The molecule has 30 heavy (non-hydrogen) atoms. The van der Waals surface area contributed by atoms with Gasteiger partial charge in [0.25, 0.3) is 5.56 Å². The summed E-state index contributed by atoms with van der Waals surface area (Å²) in [7, 11) is 0. The van der Waals surface area contributed by atoms with Crippen LogP contribution in [0.2, 0.25) is 0 Å². The van der Waals surface area contributed by atoms with Crippen LogP contribution < -0.4 is 10.9 Å². The largest absolute Gasteiger partial charge is 0.388 e. The van der Waals surface area contributed by atoms with Crippen molar-refractivity contribution in [2.45, 2.75) is 76.4 Å². The van der Waals surface area contributed by atoms with Gasteiger partial charge in [0, 0.05) is 29.1 Å². The van der Waals surface area contributed by atoms with Gasteiger partial charge in [0.2, 0.25) is 5.91 Å². The fourth-order valence-corrected chi connectivity index (χ4v) is 6.30. The van der Waals surface area contributed by atoms with Crippen molar-refractivity contribution in [3.05, 3.63) is 40.8 Å². The number of hydrogen-bond acceptors (Lipinski definition) is 3. The fraction of sp³-hybridized carbons (Fsp3) is 0.600. The molecule has 1 heterocycles. The van der Waals surface area contributed by atoms with Gasteiger partial charge in [-0.25, -0.2) is 0 Å². The number of rotatable bonds is 5. The first kappa shape index (κ1) is 19.8.